The molecule has 0 fully saturated rings. The summed E-state index contributed by atoms with van der Waals surface area (Å²) in [5, 5.41) is 11.8. The number of anilines is 1. The quantitative estimate of drug-likeness (QED) is 0.578. The van der Waals surface area contributed by atoms with Gasteiger partial charge < -0.3 is 5.32 Å². The molecule has 0 atom stereocenters. The van der Waals surface area contributed by atoms with Crippen molar-refractivity contribution in [1.82, 2.24) is 9.97 Å². The lowest BCUT2D eigenvalue weighted by atomic mass is 10.2. The topological polar surface area (TPSA) is 61.6 Å². The summed E-state index contributed by atoms with van der Waals surface area (Å²) in [6.45, 7) is 0.759. The Bertz CT molecular complexity index is 386. The average molecular weight is 200 g/mol. The SMILES string of the molecule is C#CCCCCNc1nccnc1C#N. The maximum absolute atomic E-state index is 8.74. The first kappa shape index (κ1) is 11.0. The van der Waals surface area contributed by atoms with E-state index < -0.39 is 0 Å². The number of hydrogen-bond donors (Lipinski definition) is 1. The zero-order valence-electron chi connectivity index (χ0n) is 8.40. The molecule has 15 heavy (non-hydrogen) atoms. The monoisotopic (exact) mass is 200 g/mol. The molecule has 4 heteroatoms. The number of rotatable bonds is 5. The number of unbranched alkanes of at least 4 members (excludes halogenated alkanes) is 2. The fourth-order valence-corrected chi connectivity index (χ4v) is 1.11. The lowest BCUT2D eigenvalue weighted by molar-refractivity contribution is 0.786. The van der Waals surface area contributed by atoms with Crippen molar-refractivity contribution in [2.75, 3.05) is 11.9 Å². The molecule has 1 aromatic heterocycles. The zero-order chi connectivity index (χ0) is 10.9. The Kier molecular flexibility index (Phi) is 4.69. The smallest absolute Gasteiger partial charge is 0.182 e. The number of nitrogens with zero attached hydrogens (tertiary/aromatic N) is 3. The largest absolute Gasteiger partial charge is 0.368 e. The van der Waals surface area contributed by atoms with Gasteiger partial charge in [-0.05, 0) is 12.8 Å². The standard InChI is InChI=1S/C11H12N4/c1-2-3-4-5-6-14-11-10(9-12)13-7-8-15-11/h1,7-8H,3-6H2,(H,14,15). The molecule has 76 valence electrons. The molecule has 0 spiro atoms. The number of hydrogen-bond acceptors (Lipinski definition) is 4. The van der Waals surface area contributed by atoms with Crippen LogP contribution >= 0.6 is 0 Å². The number of terminal acetylenes is 1. The van der Waals surface area contributed by atoms with Gasteiger partial charge in [-0.2, -0.15) is 5.26 Å². The summed E-state index contributed by atoms with van der Waals surface area (Å²) in [6.07, 6.45) is 10.9. The first-order chi connectivity index (χ1) is 7.38. The predicted molar refractivity (Wildman–Crippen MR) is 57.9 cm³/mol. The highest BCUT2D eigenvalue weighted by Gasteiger charge is 2.01. The molecule has 0 aliphatic rings. The van der Waals surface area contributed by atoms with Gasteiger partial charge in [0.15, 0.2) is 11.5 Å². The van der Waals surface area contributed by atoms with E-state index in [1.165, 1.54) is 6.20 Å². The van der Waals surface area contributed by atoms with Crippen LogP contribution in [0.15, 0.2) is 12.4 Å². The van der Waals surface area contributed by atoms with E-state index in [0.717, 1.165) is 25.8 Å². The van der Waals surface area contributed by atoms with Crippen LogP contribution in [0.25, 0.3) is 0 Å². The van der Waals surface area contributed by atoms with Gasteiger partial charge in [0.05, 0.1) is 0 Å². The Morgan fingerprint density at radius 2 is 2.13 bits per heavy atom. The van der Waals surface area contributed by atoms with Crippen molar-refractivity contribution in [2.45, 2.75) is 19.3 Å². The molecule has 0 aliphatic heterocycles. The van der Waals surface area contributed by atoms with Gasteiger partial charge in [-0.3, -0.25) is 0 Å². The molecular formula is C11H12N4. The van der Waals surface area contributed by atoms with Gasteiger partial charge in [0.25, 0.3) is 0 Å². The molecule has 0 unspecified atom stereocenters. The molecule has 0 aliphatic carbocycles. The van der Waals surface area contributed by atoms with Gasteiger partial charge in [-0.1, -0.05) is 0 Å². The van der Waals surface area contributed by atoms with E-state index in [1.54, 1.807) is 6.20 Å². The van der Waals surface area contributed by atoms with E-state index in [2.05, 4.69) is 21.2 Å². The minimum atomic E-state index is 0.328. The van der Waals surface area contributed by atoms with Crippen LogP contribution < -0.4 is 5.32 Å². The maximum Gasteiger partial charge on any atom is 0.182 e. The Morgan fingerprint density at radius 3 is 2.87 bits per heavy atom. The van der Waals surface area contributed by atoms with Crippen LogP contribution in [0.5, 0.6) is 0 Å². The molecule has 0 amide bonds. The summed E-state index contributed by atoms with van der Waals surface area (Å²) in [6, 6.07) is 1.98. The van der Waals surface area contributed by atoms with E-state index in [4.69, 9.17) is 11.7 Å². The molecule has 0 aromatic carbocycles. The summed E-state index contributed by atoms with van der Waals surface area (Å²) >= 11 is 0. The van der Waals surface area contributed by atoms with Crippen LogP contribution in [0.2, 0.25) is 0 Å². The molecule has 0 saturated heterocycles. The summed E-state index contributed by atoms with van der Waals surface area (Å²) < 4.78 is 0. The normalized spacial score (nSPS) is 8.93. The van der Waals surface area contributed by atoms with Crippen molar-refractivity contribution in [3.63, 3.8) is 0 Å². The fourth-order valence-electron chi connectivity index (χ4n) is 1.11. The van der Waals surface area contributed by atoms with E-state index in [9.17, 15) is 0 Å². The minimum absolute atomic E-state index is 0.328. The maximum atomic E-state index is 8.74. The van der Waals surface area contributed by atoms with Crippen LogP contribution in [0, 0.1) is 23.7 Å². The number of aromatic nitrogens is 2. The molecular weight excluding hydrogens is 188 g/mol. The van der Waals surface area contributed by atoms with Crippen LogP contribution in [-0.4, -0.2) is 16.5 Å². The van der Waals surface area contributed by atoms with Gasteiger partial charge in [0, 0.05) is 25.4 Å². The van der Waals surface area contributed by atoms with Crippen LogP contribution in [-0.2, 0) is 0 Å². The van der Waals surface area contributed by atoms with Crippen LogP contribution in [0.3, 0.4) is 0 Å². The number of nitrogens with one attached hydrogen (secondary N) is 1. The minimum Gasteiger partial charge on any atom is -0.368 e. The van der Waals surface area contributed by atoms with Gasteiger partial charge in [0.1, 0.15) is 6.07 Å². The van der Waals surface area contributed by atoms with E-state index in [-0.39, 0.29) is 0 Å². The lowest BCUT2D eigenvalue weighted by Gasteiger charge is -2.04. The highest BCUT2D eigenvalue weighted by molar-refractivity contribution is 5.46. The van der Waals surface area contributed by atoms with Crippen molar-refractivity contribution in [2.24, 2.45) is 0 Å². The van der Waals surface area contributed by atoms with Crippen molar-refractivity contribution in [1.29, 1.82) is 5.26 Å². The fraction of sp³-hybridized carbons (Fsp3) is 0.364. The Balaban J connectivity index is 2.38. The molecule has 0 radical (unpaired) electrons. The van der Waals surface area contributed by atoms with Crippen molar-refractivity contribution >= 4 is 5.82 Å². The van der Waals surface area contributed by atoms with E-state index >= 15 is 0 Å². The van der Waals surface area contributed by atoms with Gasteiger partial charge >= 0.3 is 0 Å². The average Bonchev–Trinajstić information content (AvgIpc) is 2.29. The summed E-state index contributed by atoms with van der Waals surface area (Å²) in [7, 11) is 0. The van der Waals surface area contributed by atoms with Crippen LogP contribution in [0.4, 0.5) is 5.82 Å². The Labute approximate surface area is 89.4 Å². The van der Waals surface area contributed by atoms with Crippen molar-refractivity contribution < 1.29 is 0 Å². The van der Waals surface area contributed by atoms with Crippen molar-refractivity contribution in [3.05, 3.63) is 18.1 Å². The zero-order valence-corrected chi connectivity index (χ0v) is 8.40. The highest BCUT2D eigenvalue weighted by atomic mass is 15.0. The summed E-state index contributed by atoms with van der Waals surface area (Å²) in [5.41, 5.74) is 0.328. The van der Waals surface area contributed by atoms with Gasteiger partial charge in [-0.15, -0.1) is 12.3 Å². The predicted octanol–water partition coefficient (Wildman–Crippen LogP) is 1.56. The molecule has 1 heterocycles. The number of nitriles is 1. The molecule has 1 N–H and O–H groups in total. The summed E-state index contributed by atoms with van der Waals surface area (Å²) in [4.78, 5) is 7.92. The van der Waals surface area contributed by atoms with Gasteiger partial charge in [0.2, 0.25) is 0 Å². The van der Waals surface area contributed by atoms with Gasteiger partial charge in [-0.25, -0.2) is 9.97 Å². The third-order valence-corrected chi connectivity index (χ3v) is 1.84. The summed E-state index contributed by atoms with van der Waals surface area (Å²) in [5.74, 6) is 3.12. The lowest BCUT2D eigenvalue weighted by Crippen LogP contribution is -2.05. The van der Waals surface area contributed by atoms with Crippen molar-refractivity contribution in [3.8, 4) is 18.4 Å². The molecule has 1 aromatic rings. The Hall–Kier alpha value is -2.07. The molecule has 1 rings (SSSR count). The molecule has 0 bridgehead atoms. The van der Waals surface area contributed by atoms with E-state index in [1.807, 2.05) is 6.07 Å². The first-order valence-corrected chi connectivity index (χ1v) is 4.77. The molecule has 0 saturated carbocycles. The third kappa shape index (κ3) is 3.66. The second-order valence-corrected chi connectivity index (χ2v) is 2.95. The Morgan fingerprint density at radius 1 is 1.33 bits per heavy atom. The first-order valence-electron chi connectivity index (χ1n) is 4.77. The van der Waals surface area contributed by atoms with Crippen LogP contribution in [0.1, 0.15) is 25.0 Å². The molecule has 4 nitrogen and oxygen atoms in total. The second kappa shape index (κ2) is 6.39. The van der Waals surface area contributed by atoms with E-state index in [0.29, 0.717) is 11.5 Å². The second-order valence-electron chi connectivity index (χ2n) is 2.95. The highest BCUT2D eigenvalue weighted by Crippen LogP contribution is 2.06. The third-order valence-electron chi connectivity index (χ3n) is 1.84.